The Labute approximate surface area is 118 Å². The summed E-state index contributed by atoms with van der Waals surface area (Å²) < 4.78 is 0. The lowest BCUT2D eigenvalue weighted by Gasteiger charge is -2.06. The fourth-order valence-corrected chi connectivity index (χ4v) is 1.96. The smallest absolute Gasteiger partial charge is 0.224 e. The van der Waals surface area contributed by atoms with Crippen molar-refractivity contribution in [1.82, 2.24) is 0 Å². The molecule has 0 radical (unpaired) electrons. The molecule has 1 amide bonds. The monoisotopic (exact) mass is 273 g/mol. The molecular formula is C16H16ClNO. The number of hydrogen-bond donors (Lipinski definition) is 1. The van der Waals surface area contributed by atoms with E-state index in [2.05, 4.69) is 17.4 Å². The summed E-state index contributed by atoms with van der Waals surface area (Å²) in [4.78, 5) is 11.6. The highest BCUT2D eigenvalue weighted by molar-refractivity contribution is 6.18. The van der Waals surface area contributed by atoms with Crippen LogP contribution in [0.4, 0.5) is 5.69 Å². The van der Waals surface area contributed by atoms with Crippen LogP contribution in [-0.4, -0.2) is 11.8 Å². The van der Waals surface area contributed by atoms with E-state index in [9.17, 15) is 4.79 Å². The molecule has 0 aliphatic carbocycles. The van der Waals surface area contributed by atoms with Gasteiger partial charge in [0.1, 0.15) is 0 Å². The van der Waals surface area contributed by atoms with Crippen LogP contribution in [0.15, 0.2) is 54.6 Å². The van der Waals surface area contributed by atoms with Gasteiger partial charge >= 0.3 is 0 Å². The van der Waals surface area contributed by atoms with Gasteiger partial charge in [-0.3, -0.25) is 4.79 Å². The van der Waals surface area contributed by atoms with Gasteiger partial charge in [-0.25, -0.2) is 0 Å². The Balaban J connectivity index is 2.01. The lowest BCUT2D eigenvalue weighted by molar-refractivity contribution is -0.116. The van der Waals surface area contributed by atoms with Crippen molar-refractivity contribution < 1.29 is 4.79 Å². The van der Waals surface area contributed by atoms with Crippen LogP contribution in [0.25, 0.3) is 11.1 Å². The lowest BCUT2D eigenvalue weighted by atomic mass is 10.1. The quantitative estimate of drug-likeness (QED) is 0.808. The Morgan fingerprint density at radius 1 is 0.947 bits per heavy atom. The second-order valence-corrected chi connectivity index (χ2v) is 4.66. The summed E-state index contributed by atoms with van der Waals surface area (Å²) in [6.45, 7) is 0. The summed E-state index contributed by atoms with van der Waals surface area (Å²) in [5.74, 6) is 0.522. The van der Waals surface area contributed by atoms with Gasteiger partial charge in [0, 0.05) is 18.0 Å². The number of halogens is 1. The predicted molar refractivity (Wildman–Crippen MR) is 80.5 cm³/mol. The van der Waals surface area contributed by atoms with E-state index in [1.165, 1.54) is 5.56 Å². The third-order valence-electron chi connectivity index (χ3n) is 2.81. The summed E-state index contributed by atoms with van der Waals surface area (Å²) in [5, 5.41) is 2.86. The van der Waals surface area contributed by atoms with E-state index < -0.39 is 0 Å². The number of hydrogen-bond acceptors (Lipinski definition) is 1. The van der Waals surface area contributed by atoms with E-state index in [1.54, 1.807) is 0 Å². The molecule has 0 aliphatic heterocycles. The minimum atomic E-state index is 0.00751. The van der Waals surface area contributed by atoms with E-state index in [4.69, 9.17) is 11.6 Å². The maximum Gasteiger partial charge on any atom is 0.224 e. The van der Waals surface area contributed by atoms with Crippen LogP contribution in [0.1, 0.15) is 12.8 Å². The molecule has 2 aromatic rings. The molecule has 98 valence electrons. The molecule has 3 heteroatoms. The zero-order valence-corrected chi connectivity index (χ0v) is 11.4. The van der Waals surface area contributed by atoms with Gasteiger partial charge in [-0.05, 0) is 29.7 Å². The summed E-state index contributed by atoms with van der Waals surface area (Å²) in [6.07, 6.45) is 1.17. The van der Waals surface area contributed by atoms with E-state index in [-0.39, 0.29) is 5.91 Å². The van der Waals surface area contributed by atoms with Crippen molar-refractivity contribution in [3.8, 4) is 11.1 Å². The molecule has 0 bridgehead atoms. The molecule has 1 N–H and O–H groups in total. The first kappa shape index (κ1) is 13.6. The van der Waals surface area contributed by atoms with Gasteiger partial charge in [-0.2, -0.15) is 0 Å². The van der Waals surface area contributed by atoms with Crippen LogP contribution in [0.2, 0.25) is 0 Å². The number of carbonyl (C=O) groups is 1. The Morgan fingerprint density at radius 2 is 1.58 bits per heavy atom. The number of anilines is 1. The standard InChI is InChI=1S/C16H16ClNO/c17-12-4-7-16(19)18-15-10-8-14(9-11-15)13-5-2-1-3-6-13/h1-3,5-6,8-11H,4,7,12H2,(H,18,19). The van der Waals surface area contributed by atoms with Crippen LogP contribution < -0.4 is 5.32 Å². The van der Waals surface area contributed by atoms with Crippen molar-refractivity contribution >= 4 is 23.2 Å². The highest BCUT2D eigenvalue weighted by Crippen LogP contribution is 2.21. The SMILES string of the molecule is O=C(CCCCl)Nc1ccc(-c2ccccc2)cc1. The molecule has 19 heavy (non-hydrogen) atoms. The lowest BCUT2D eigenvalue weighted by Crippen LogP contribution is -2.11. The van der Waals surface area contributed by atoms with Crippen molar-refractivity contribution in [3.63, 3.8) is 0 Å². The molecule has 0 atom stereocenters. The Hall–Kier alpha value is -1.80. The van der Waals surface area contributed by atoms with Gasteiger partial charge in [0.15, 0.2) is 0 Å². The number of carbonyl (C=O) groups excluding carboxylic acids is 1. The summed E-state index contributed by atoms with van der Waals surface area (Å²) in [6, 6.07) is 18.0. The number of nitrogens with one attached hydrogen (secondary N) is 1. The van der Waals surface area contributed by atoms with E-state index in [1.807, 2.05) is 42.5 Å². The molecule has 0 saturated carbocycles. The zero-order valence-electron chi connectivity index (χ0n) is 10.6. The van der Waals surface area contributed by atoms with Gasteiger partial charge in [-0.1, -0.05) is 42.5 Å². The average molecular weight is 274 g/mol. The summed E-state index contributed by atoms with van der Waals surface area (Å²) in [5.41, 5.74) is 3.13. The molecule has 0 unspecified atom stereocenters. The van der Waals surface area contributed by atoms with Gasteiger partial charge in [0.05, 0.1) is 0 Å². The van der Waals surface area contributed by atoms with Gasteiger partial charge in [0.2, 0.25) is 5.91 Å². The average Bonchev–Trinajstić information content (AvgIpc) is 2.47. The third-order valence-corrected chi connectivity index (χ3v) is 3.08. The van der Waals surface area contributed by atoms with Crippen molar-refractivity contribution in [2.24, 2.45) is 0 Å². The van der Waals surface area contributed by atoms with Crippen LogP contribution in [-0.2, 0) is 4.79 Å². The second kappa shape index (κ2) is 6.95. The molecule has 0 aliphatic rings. The molecule has 2 rings (SSSR count). The maximum atomic E-state index is 11.6. The Morgan fingerprint density at radius 3 is 2.21 bits per heavy atom. The largest absolute Gasteiger partial charge is 0.326 e. The third kappa shape index (κ3) is 4.11. The molecule has 2 aromatic carbocycles. The number of benzene rings is 2. The first-order valence-electron chi connectivity index (χ1n) is 6.31. The first-order chi connectivity index (χ1) is 9.29. The van der Waals surface area contributed by atoms with Gasteiger partial charge in [0.25, 0.3) is 0 Å². The number of amides is 1. The number of rotatable bonds is 5. The molecule has 2 nitrogen and oxygen atoms in total. The van der Waals surface area contributed by atoms with Crippen LogP contribution in [0.3, 0.4) is 0 Å². The summed E-state index contributed by atoms with van der Waals surface area (Å²) in [7, 11) is 0. The normalized spacial score (nSPS) is 10.2. The van der Waals surface area contributed by atoms with Gasteiger partial charge < -0.3 is 5.32 Å². The maximum absolute atomic E-state index is 11.6. The first-order valence-corrected chi connectivity index (χ1v) is 6.84. The van der Waals surface area contributed by atoms with Gasteiger partial charge in [-0.15, -0.1) is 11.6 Å². The predicted octanol–water partition coefficient (Wildman–Crippen LogP) is 4.31. The van der Waals surface area contributed by atoms with Crippen molar-refractivity contribution in [2.45, 2.75) is 12.8 Å². The fraction of sp³-hybridized carbons (Fsp3) is 0.188. The Kier molecular flexibility index (Phi) is 4.99. The fourth-order valence-electron chi connectivity index (χ4n) is 1.83. The summed E-state index contributed by atoms with van der Waals surface area (Å²) >= 11 is 5.56. The molecule has 0 spiro atoms. The van der Waals surface area contributed by atoms with Crippen molar-refractivity contribution in [3.05, 3.63) is 54.6 Å². The topological polar surface area (TPSA) is 29.1 Å². The van der Waals surface area contributed by atoms with Crippen LogP contribution in [0, 0.1) is 0 Å². The molecule has 0 aromatic heterocycles. The zero-order chi connectivity index (χ0) is 13.5. The minimum Gasteiger partial charge on any atom is -0.326 e. The van der Waals surface area contributed by atoms with E-state index in [0.717, 1.165) is 11.3 Å². The second-order valence-electron chi connectivity index (χ2n) is 4.28. The van der Waals surface area contributed by atoms with E-state index >= 15 is 0 Å². The minimum absolute atomic E-state index is 0.00751. The van der Waals surface area contributed by atoms with Crippen LogP contribution >= 0.6 is 11.6 Å². The molecular weight excluding hydrogens is 258 g/mol. The van der Waals surface area contributed by atoms with E-state index in [0.29, 0.717) is 18.7 Å². The van der Waals surface area contributed by atoms with Crippen molar-refractivity contribution in [1.29, 1.82) is 0 Å². The molecule has 0 fully saturated rings. The highest BCUT2D eigenvalue weighted by atomic mass is 35.5. The Bertz CT molecular complexity index is 522. The van der Waals surface area contributed by atoms with Crippen molar-refractivity contribution in [2.75, 3.05) is 11.2 Å². The van der Waals surface area contributed by atoms with Crippen LogP contribution in [0.5, 0.6) is 0 Å². The number of alkyl halides is 1. The molecule has 0 saturated heterocycles. The highest BCUT2D eigenvalue weighted by Gasteiger charge is 2.02. The molecule has 0 heterocycles.